The molecule has 0 spiro atoms. The lowest BCUT2D eigenvalue weighted by molar-refractivity contribution is 0.103. The molecule has 0 saturated carbocycles. The third-order valence-corrected chi connectivity index (χ3v) is 6.55. The van der Waals surface area contributed by atoms with Gasteiger partial charge in [0.1, 0.15) is 0 Å². The fraction of sp³-hybridized carbons (Fsp3) is 0. The second-order valence-electron chi connectivity index (χ2n) is 5.20. The van der Waals surface area contributed by atoms with Crippen molar-refractivity contribution >= 4 is 66.2 Å². The van der Waals surface area contributed by atoms with Crippen LogP contribution < -0.4 is 10.0 Å². The first kappa shape index (κ1) is 18.9. The number of carbonyl (C=O) groups is 1. The molecular weight excluding hydrogens is 460 g/mol. The zero-order chi connectivity index (χ0) is 18.7. The van der Waals surface area contributed by atoms with E-state index in [1.807, 2.05) is 0 Å². The normalized spacial score (nSPS) is 11.2. The van der Waals surface area contributed by atoms with Crippen molar-refractivity contribution in [2.75, 3.05) is 10.0 Å². The Kier molecular flexibility index (Phi) is 5.67. The Hall–Kier alpha value is -1.87. The summed E-state index contributed by atoms with van der Waals surface area (Å²) in [6.45, 7) is 0. The van der Waals surface area contributed by atoms with Crippen molar-refractivity contribution in [3.8, 4) is 0 Å². The highest BCUT2D eigenvalue weighted by Crippen LogP contribution is 2.24. The molecule has 1 amide bonds. The lowest BCUT2D eigenvalue weighted by Crippen LogP contribution is -2.14. The molecule has 0 bridgehead atoms. The van der Waals surface area contributed by atoms with Crippen LogP contribution >= 0.6 is 38.9 Å². The largest absolute Gasteiger partial charge is 0.321 e. The molecule has 0 saturated heterocycles. The Bertz CT molecular complexity index is 1050. The molecule has 3 aromatic rings. The molecule has 26 heavy (non-hydrogen) atoms. The number of amides is 1. The quantitative estimate of drug-likeness (QED) is 0.536. The van der Waals surface area contributed by atoms with Gasteiger partial charge in [-0.1, -0.05) is 17.7 Å². The van der Waals surface area contributed by atoms with Crippen molar-refractivity contribution in [3.05, 3.63) is 74.3 Å². The van der Waals surface area contributed by atoms with Crippen LogP contribution in [0, 0.1) is 0 Å². The Morgan fingerprint density at radius 2 is 1.73 bits per heavy atom. The molecule has 0 radical (unpaired) electrons. The predicted octanol–water partition coefficient (Wildman–Crippen LogP) is 5.22. The summed E-state index contributed by atoms with van der Waals surface area (Å²) in [7, 11) is -3.79. The maximum atomic E-state index is 12.5. The van der Waals surface area contributed by atoms with Crippen LogP contribution in [-0.2, 0) is 10.0 Å². The lowest BCUT2D eigenvalue weighted by atomic mass is 10.3. The molecule has 0 aliphatic rings. The molecule has 134 valence electrons. The average Bonchev–Trinajstić information content (AvgIpc) is 3.04. The average molecular weight is 472 g/mol. The summed E-state index contributed by atoms with van der Waals surface area (Å²) < 4.78 is 28.4. The highest BCUT2D eigenvalue weighted by molar-refractivity contribution is 9.11. The number of rotatable bonds is 5. The number of thiophene rings is 1. The third-order valence-electron chi connectivity index (χ3n) is 3.30. The number of benzene rings is 2. The van der Waals surface area contributed by atoms with Gasteiger partial charge in [-0.2, -0.15) is 0 Å². The van der Waals surface area contributed by atoms with Crippen molar-refractivity contribution in [1.29, 1.82) is 0 Å². The summed E-state index contributed by atoms with van der Waals surface area (Å²) in [6, 6.07) is 15.8. The van der Waals surface area contributed by atoms with E-state index in [0.717, 1.165) is 3.79 Å². The number of anilines is 2. The van der Waals surface area contributed by atoms with Crippen LogP contribution in [0.4, 0.5) is 11.4 Å². The molecule has 2 N–H and O–H groups in total. The summed E-state index contributed by atoms with van der Waals surface area (Å²) >= 11 is 10.4. The van der Waals surface area contributed by atoms with E-state index in [0.29, 0.717) is 21.3 Å². The zero-order valence-electron chi connectivity index (χ0n) is 13.1. The molecule has 9 heteroatoms. The first-order valence-corrected chi connectivity index (χ1v) is 10.8. The lowest BCUT2D eigenvalue weighted by Gasteiger charge is -2.10. The maximum absolute atomic E-state index is 12.5. The summed E-state index contributed by atoms with van der Waals surface area (Å²) in [4.78, 5) is 12.8. The SMILES string of the molecule is O=C(Nc1cccc(S(=O)(=O)Nc2ccc(Cl)cc2)c1)c1ccc(Br)s1. The van der Waals surface area contributed by atoms with Crippen LogP contribution in [-0.4, -0.2) is 14.3 Å². The number of carbonyl (C=O) groups excluding carboxylic acids is 1. The minimum Gasteiger partial charge on any atom is -0.321 e. The molecule has 0 atom stereocenters. The van der Waals surface area contributed by atoms with Gasteiger partial charge in [-0.3, -0.25) is 9.52 Å². The van der Waals surface area contributed by atoms with E-state index in [1.165, 1.54) is 23.5 Å². The first-order chi connectivity index (χ1) is 12.3. The van der Waals surface area contributed by atoms with E-state index in [4.69, 9.17) is 11.6 Å². The number of hydrogen-bond acceptors (Lipinski definition) is 4. The second kappa shape index (κ2) is 7.79. The molecule has 0 aliphatic heterocycles. The highest BCUT2D eigenvalue weighted by atomic mass is 79.9. The van der Waals surface area contributed by atoms with Crippen LogP contribution in [0.15, 0.2) is 69.3 Å². The number of nitrogens with one attached hydrogen (secondary N) is 2. The van der Waals surface area contributed by atoms with Gasteiger partial charge in [-0.05, 0) is 70.5 Å². The van der Waals surface area contributed by atoms with Gasteiger partial charge in [-0.25, -0.2) is 8.42 Å². The summed E-state index contributed by atoms with van der Waals surface area (Å²) in [5, 5.41) is 3.21. The third kappa shape index (κ3) is 4.64. The van der Waals surface area contributed by atoms with Gasteiger partial charge in [0.05, 0.1) is 13.6 Å². The van der Waals surface area contributed by atoms with Crippen LogP contribution in [0.5, 0.6) is 0 Å². The van der Waals surface area contributed by atoms with Crippen molar-refractivity contribution in [1.82, 2.24) is 0 Å². The van der Waals surface area contributed by atoms with Crippen LogP contribution in [0.3, 0.4) is 0 Å². The smallest absolute Gasteiger partial charge is 0.265 e. The van der Waals surface area contributed by atoms with Gasteiger partial charge in [0.15, 0.2) is 0 Å². The van der Waals surface area contributed by atoms with Crippen LogP contribution in [0.25, 0.3) is 0 Å². The molecule has 0 fully saturated rings. The van der Waals surface area contributed by atoms with E-state index in [2.05, 4.69) is 26.0 Å². The molecule has 3 rings (SSSR count). The fourth-order valence-electron chi connectivity index (χ4n) is 2.10. The molecule has 5 nitrogen and oxygen atoms in total. The number of hydrogen-bond donors (Lipinski definition) is 2. The van der Waals surface area contributed by atoms with Gasteiger partial charge < -0.3 is 5.32 Å². The van der Waals surface area contributed by atoms with E-state index in [-0.39, 0.29) is 10.8 Å². The van der Waals surface area contributed by atoms with E-state index in [1.54, 1.807) is 48.5 Å². The first-order valence-electron chi connectivity index (χ1n) is 7.29. The van der Waals surface area contributed by atoms with E-state index in [9.17, 15) is 13.2 Å². The zero-order valence-corrected chi connectivity index (χ0v) is 17.0. The van der Waals surface area contributed by atoms with Gasteiger partial charge in [0.25, 0.3) is 15.9 Å². The van der Waals surface area contributed by atoms with Crippen molar-refractivity contribution < 1.29 is 13.2 Å². The number of halogens is 2. The van der Waals surface area contributed by atoms with Crippen LogP contribution in [0.1, 0.15) is 9.67 Å². The van der Waals surface area contributed by atoms with Crippen molar-refractivity contribution in [2.24, 2.45) is 0 Å². The Labute approximate surface area is 168 Å². The molecular formula is C17H12BrClN2O3S2. The van der Waals surface area contributed by atoms with Crippen molar-refractivity contribution in [2.45, 2.75) is 4.90 Å². The van der Waals surface area contributed by atoms with Crippen LogP contribution in [0.2, 0.25) is 5.02 Å². The topological polar surface area (TPSA) is 75.3 Å². The second-order valence-corrected chi connectivity index (χ2v) is 9.78. The highest BCUT2D eigenvalue weighted by Gasteiger charge is 2.16. The van der Waals surface area contributed by atoms with Crippen molar-refractivity contribution in [3.63, 3.8) is 0 Å². The predicted molar refractivity (Wildman–Crippen MR) is 109 cm³/mol. The van der Waals surface area contributed by atoms with Gasteiger partial charge in [0, 0.05) is 16.4 Å². The minimum absolute atomic E-state index is 0.0395. The van der Waals surface area contributed by atoms with Gasteiger partial charge >= 0.3 is 0 Å². The van der Waals surface area contributed by atoms with E-state index >= 15 is 0 Å². The number of sulfonamides is 1. The summed E-state index contributed by atoms with van der Waals surface area (Å²) in [6.07, 6.45) is 0. The summed E-state index contributed by atoms with van der Waals surface area (Å²) in [5.74, 6) is -0.305. The summed E-state index contributed by atoms with van der Waals surface area (Å²) in [5.41, 5.74) is 0.783. The molecule has 1 aromatic heterocycles. The van der Waals surface area contributed by atoms with Gasteiger partial charge in [-0.15, -0.1) is 11.3 Å². The maximum Gasteiger partial charge on any atom is 0.265 e. The minimum atomic E-state index is -3.79. The Balaban J connectivity index is 1.79. The Morgan fingerprint density at radius 3 is 2.38 bits per heavy atom. The fourth-order valence-corrected chi connectivity index (χ4v) is 4.61. The molecule has 0 unspecified atom stereocenters. The Morgan fingerprint density at radius 1 is 1.00 bits per heavy atom. The molecule has 1 heterocycles. The molecule has 0 aliphatic carbocycles. The van der Waals surface area contributed by atoms with Gasteiger partial charge in [0.2, 0.25) is 0 Å². The standard InChI is InChI=1S/C17H12BrClN2O3S2/c18-16-9-8-15(25-16)17(22)20-13-2-1-3-14(10-13)26(23,24)21-12-6-4-11(19)5-7-12/h1-10,21H,(H,20,22). The van der Waals surface area contributed by atoms with E-state index < -0.39 is 10.0 Å². The monoisotopic (exact) mass is 470 g/mol. The molecule has 2 aromatic carbocycles.